The molecule has 0 aliphatic carbocycles. The molecule has 0 aromatic carbocycles. The monoisotopic (exact) mass is 161 g/mol. The topological polar surface area (TPSA) is 52.9 Å². The van der Waals surface area contributed by atoms with Gasteiger partial charge in [0.2, 0.25) is 0 Å². The van der Waals surface area contributed by atoms with Gasteiger partial charge in [-0.1, -0.05) is 0 Å². The van der Waals surface area contributed by atoms with Crippen LogP contribution in [0.2, 0.25) is 0 Å². The minimum absolute atomic E-state index is 0.0243. The first-order valence-corrected chi connectivity index (χ1v) is 3.92. The summed E-state index contributed by atoms with van der Waals surface area (Å²) in [5.74, 6) is 0. The molecule has 0 bridgehead atoms. The Morgan fingerprint density at radius 3 is 2.18 bits per heavy atom. The van der Waals surface area contributed by atoms with E-state index in [1.807, 2.05) is 4.90 Å². The molecule has 1 aliphatic heterocycles. The number of hydrogen-bond acceptors (Lipinski definition) is 4. The molecule has 0 amide bonds. The quantitative estimate of drug-likeness (QED) is 0.538. The van der Waals surface area contributed by atoms with Gasteiger partial charge in [-0.15, -0.1) is 0 Å². The van der Waals surface area contributed by atoms with Crippen molar-refractivity contribution in [2.45, 2.75) is 6.04 Å². The molecule has 1 heterocycles. The molecule has 4 heteroatoms. The minimum Gasteiger partial charge on any atom is -0.395 e. The molecule has 2 N–H and O–H groups in total. The Balaban J connectivity index is 2.30. The number of hydrogen-bond donors (Lipinski definition) is 2. The molecule has 0 unspecified atom stereocenters. The summed E-state index contributed by atoms with van der Waals surface area (Å²) in [4.78, 5) is 2.05. The van der Waals surface area contributed by atoms with Crippen LogP contribution < -0.4 is 0 Å². The number of nitrogens with zero attached hydrogens (tertiary/aromatic N) is 1. The Bertz CT molecular complexity index is 99.9. The third-order valence-electron chi connectivity index (χ3n) is 1.98. The number of aliphatic hydroxyl groups is 2. The van der Waals surface area contributed by atoms with E-state index in [9.17, 15) is 0 Å². The summed E-state index contributed by atoms with van der Waals surface area (Å²) in [6, 6.07) is -0.0982. The van der Waals surface area contributed by atoms with E-state index < -0.39 is 0 Å². The van der Waals surface area contributed by atoms with E-state index in [1.54, 1.807) is 0 Å². The third kappa shape index (κ3) is 2.41. The fraction of sp³-hybridized carbons (Fsp3) is 1.00. The normalized spacial score (nSPS) is 21.0. The minimum atomic E-state index is -0.0982. The molecule has 4 nitrogen and oxygen atoms in total. The molecule has 11 heavy (non-hydrogen) atoms. The predicted octanol–water partition coefficient (Wildman–Crippen LogP) is -1.33. The zero-order valence-corrected chi connectivity index (χ0v) is 6.57. The average Bonchev–Trinajstić information content (AvgIpc) is 2.09. The zero-order chi connectivity index (χ0) is 8.10. The highest BCUT2D eigenvalue weighted by molar-refractivity contribution is 4.71. The van der Waals surface area contributed by atoms with Crippen LogP contribution in [-0.2, 0) is 4.74 Å². The third-order valence-corrected chi connectivity index (χ3v) is 1.98. The number of rotatable bonds is 3. The van der Waals surface area contributed by atoms with Crippen LogP contribution in [0.25, 0.3) is 0 Å². The lowest BCUT2D eigenvalue weighted by Gasteiger charge is -2.32. The van der Waals surface area contributed by atoms with Gasteiger partial charge in [-0.05, 0) is 0 Å². The molecular formula is C7H15NO3. The summed E-state index contributed by atoms with van der Waals surface area (Å²) < 4.78 is 5.13. The predicted molar refractivity (Wildman–Crippen MR) is 40.4 cm³/mol. The van der Waals surface area contributed by atoms with Crippen LogP contribution in [0.5, 0.6) is 0 Å². The highest BCUT2D eigenvalue weighted by Crippen LogP contribution is 2.02. The van der Waals surface area contributed by atoms with Crippen molar-refractivity contribution in [3.63, 3.8) is 0 Å². The molecule has 0 spiro atoms. The Hall–Kier alpha value is -0.160. The van der Waals surface area contributed by atoms with Gasteiger partial charge >= 0.3 is 0 Å². The SMILES string of the molecule is OCC(CO)N1CCOCC1. The Morgan fingerprint density at radius 1 is 1.18 bits per heavy atom. The lowest BCUT2D eigenvalue weighted by Crippen LogP contribution is -2.47. The first kappa shape index (κ1) is 8.93. The summed E-state index contributed by atoms with van der Waals surface area (Å²) in [5.41, 5.74) is 0. The van der Waals surface area contributed by atoms with Crippen molar-refractivity contribution in [3.05, 3.63) is 0 Å². The van der Waals surface area contributed by atoms with Gasteiger partial charge < -0.3 is 14.9 Å². The number of ether oxygens (including phenoxy) is 1. The van der Waals surface area contributed by atoms with Crippen molar-refractivity contribution in [1.29, 1.82) is 0 Å². The smallest absolute Gasteiger partial charge is 0.0609 e. The molecular weight excluding hydrogens is 146 g/mol. The summed E-state index contributed by atoms with van der Waals surface area (Å²) in [6.07, 6.45) is 0. The maximum absolute atomic E-state index is 8.84. The van der Waals surface area contributed by atoms with Gasteiger partial charge in [0.15, 0.2) is 0 Å². The highest BCUT2D eigenvalue weighted by Gasteiger charge is 2.18. The van der Waals surface area contributed by atoms with E-state index in [-0.39, 0.29) is 19.3 Å². The highest BCUT2D eigenvalue weighted by atomic mass is 16.5. The Morgan fingerprint density at radius 2 is 1.73 bits per heavy atom. The lowest BCUT2D eigenvalue weighted by molar-refractivity contribution is -0.0117. The first-order chi connectivity index (χ1) is 5.38. The van der Waals surface area contributed by atoms with E-state index in [1.165, 1.54) is 0 Å². The van der Waals surface area contributed by atoms with Gasteiger partial charge in [-0.2, -0.15) is 0 Å². The summed E-state index contributed by atoms with van der Waals surface area (Å²) >= 11 is 0. The van der Waals surface area contributed by atoms with Crippen LogP contribution in [0.4, 0.5) is 0 Å². The van der Waals surface area contributed by atoms with Crippen LogP contribution in [0, 0.1) is 0 Å². The largest absolute Gasteiger partial charge is 0.395 e. The van der Waals surface area contributed by atoms with E-state index in [0.29, 0.717) is 13.2 Å². The second-order valence-corrected chi connectivity index (χ2v) is 2.67. The summed E-state index contributed by atoms with van der Waals surface area (Å²) in [6.45, 7) is 3.08. The van der Waals surface area contributed by atoms with Crippen molar-refractivity contribution >= 4 is 0 Å². The lowest BCUT2D eigenvalue weighted by atomic mass is 10.2. The molecule has 0 aromatic rings. The van der Waals surface area contributed by atoms with Gasteiger partial charge in [0.05, 0.1) is 32.5 Å². The second-order valence-electron chi connectivity index (χ2n) is 2.67. The summed E-state index contributed by atoms with van der Waals surface area (Å²) in [7, 11) is 0. The van der Waals surface area contributed by atoms with Crippen molar-refractivity contribution in [3.8, 4) is 0 Å². The van der Waals surface area contributed by atoms with Gasteiger partial charge in [-0.3, -0.25) is 4.90 Å². The van der Waals surface area contributed by atoms with Crippen molar-refractivity contribution in [2.24, 2.45) is 0 Å². The zero-order valence-electron chi connectivity index (χ0n) is 6.57. The molecule has 1 saturated heterocycles. The Kier molecular flexibility index (Phi) is 3.79. The van der Waals surface area contributed by atoms with Crippen LogP contribution >= 0.6 is 0 Å². The molecule has 1 aliphatic rings. The van der Waals surface area contributed by atoms with Gasteiger partial charge in [-0.25, -0.2) is 0 Å². The number of morpholine rings is 1. The maximum atomic E-state index is 8.84. The molecule has 0 aromatic heterocycles. The molecule has 0 saturated carbocycles. The molecule has 0 atom stereocenters. The van der Waals surface area contributed by atoms with Crippen LogP contribution in [0.1, 0.15) is 0 Å². The second kappa shape index (κ2) is 4.66. The van der Waals surface area contributed by atoms with E-state index in [0.717, 1.165) is 13.1 Å². The van der Waals surface area contributed by atoms with E-state index in [2.05, 4.69) is 0 Å². The molecule has 1 rings (SSSR count). The average molecular weight is 161 g/mol. The fourth-order valence-corrected chi connectivity index (χ4v) is 1.23. The van der Waals surface area contributed by atoms with Crippen molar-refractivity contribution in [2.75, 3.05) is 39.5 Å². The molecule has 0 radical (unpaired) electrons. The van der Waals surface area contributed by atoms with Crippen LogP contribution in [-0.4, -0.2) is 60.7 Å². The van der Waals surface area contributed by atoms with Crippen LogP contribution in [0.15, 0.2) is 0 Å². The van der Waals surface area contributed by atoms with Gasteiger partial charge in [0.25, 0.3) is 0 Å². The fourth-order valence-electron chi connectivity index (χ4n) is 1.23. The number of aliphatic hydroxyl groups excluding tert-OH is 2. The standard InChI is InChI=1S/C7H15NO3/c9-5-7(6-10)8-1-3-11-4-2-8/h7,9-10H,1-6H2. The van der Waals surface area contributed by atoms with Crippen LogP contribution in [0.3, 0.4) is 0 Å². The van der Waals surface area contributed by atoms with E-state index >= 15 is 0 Å². The summed E-state index contributed by atoms with van der Waals surface area (Å²) in [5, 5.41) is 17.7. The first-order valence-electron chi connectivity index (χ1n) is 3.92. The Labute approximate surface area is 66.4 Å². The van der Waals surface area contributed by atoms with Crippen molar-refractivity contribution < 1.29 is 14.9 Å². The van der Waals surface area contributed by atoms with Gasteiger partial charge in [0, 0.05) is 13.1 Å². The molecule has 66 valence electrons. The van der Waals surface area contributed by atoms with E-state index in [4.69, 9.17) is 14.9 Å². The maximum Gasteiger partial charge on any atom is 0.0609 e. The molecule has 1 fully saturated rings. The van der Waals surface area contributed by atoms with Gasteiger partial charge in [0.1, 0.15) is 0 Å². The van der Waals surface area contributed by atoms with Crippen molar-refractivity contribution in [1.82, 2.24) is 4.90 Å².